The maximum absolute atomic E-state index is 11.0. The molecule has 0 saturated heterocycles. The van der Waals surface area contributed by atoms with Crippen LogP contribution in [0.25, 0.3) is 11.0 Å². The fraction of sp³-hybridized carbons (Fsp3) is 0.182. The number of esters is 1. The van der Waals surface area contributed by atoms with Gasteiger partial charge in [0.1, 0.15) is 12.0 Å². The number of methoxy groups -OCH3 is 1. The van der Waals surface area contributed by atoms with Crippen LogP contribution in [0.2, 0.25) is 0 Å². The molecule has 0 amide bonds. The molecule has 0 radical (unpaired) electrons. The molecule has 0 aliphatic carbocycles. The molecule has 0 saturated carbocycles. The van der Waals surface area contributed by atoms with Gasteiger partial charge in [0, 0.05) is 0 Å². The van der Waals surface area contributed by atoms with Crippen LogP contribution in [0.3, 0.4) is 0 Å². The molecule has 0 aliphatic heterocycles. The van der Waals surface area contributed by atoms with Crippen molar-refractivity contribution < 1.29 is 19.1 Å². The summed E-state index contributed by atoms with van der Waals surface area (Å²) in [4.78, 5) is 11.0. The zero-order valence-electron chi connectivity index (χ0n) is 8.19. The first-order valence-corrected chi connectivity index (χ1v) is 4.48. The minimum atomic E-state index is -0.440. The zero-order chi connectivity index (χ0) is 10.8. The van der Waals surface area contributed by atoms with Gasteiger partial charge in [-0.2, -0.15) is 0 Å². The summed E-state index contributed by atoms with van der Waals surface area (Å²) in [6, 6.07) is 7.05. The standard InChI is InChI=1S/C11H10O4/c1-14-10(12)6-9-11(13)7-4-2-3-5-8(7)15-9/h2-5,13H,6H2,1H3. The number of fused-ring (bicyclic) bond motifs is 1. The van der Waals surface area contributed by atoms with E-state index in [4.69, 9.17) is 4.42 Å². The van der Waals surface area contributed by atoms with Crippen LogP contribution in [0.15, 0.2) is 28.7 Å². The Morgan fingerprint density at radius 2 is 2.20 bits per heavy atom. The van der Waals surface area contributed by atoms with Crippen LogP contribution in [0.1, 0.15) is 5.76 Å². The molecular formula is C11H10O4. The molecule has 0 aliphatic rings. The highest BCUT2D eigenvalue weighted by Crippen LogP contribution is 2.31. The summed E-state index contributed by atoms with van der Waals surface area (Å²) in [6.07, 6.45) is -0.0585. The van der Waals surface area contributed by atoms with Crippen LogP contribution >= 0.6 is 0 Å². The Labute approximate surface area is 86.1 Å². The smallest absolute Gasteiger partial charge is 0.313 e. The first kappa shape index (κ1) is 9.58. The van der Waals surface area contributed by atoms with Gasteiger partial charge in [0.15, 0.2) is 11.5 Å². The van der Waals surface area contributed by atoms with E-state index in [9.17, 15) is 9.90 Å². The summed E-state index contributed by atoms with van der Waals surface area (Å²) in [5.41, 5.74) is 0.564. The summed E-state index contributed by atoms with van der Waals surface area (Å²) in [7, 11) is 1.29. The van der Waals surface area contributed by atoms with Crippen molar-refractivity contribution in [3.8, 4) is 5.75 Å². The van der Waals surface area contributed by atoms with E-state index >= 15 is 0 Å². The topological polar surface area (TPSA) is 59.7 Å². The average Bonchev–Trinajstić information content (AvgIpc) is 2.57. The van der Waals surface area contributed by atoms with Gasteiger partial charge in [-0.05, 0) is 12.1 Å². The lowest BCUT2D eigenvalue weighted by molar-refractivity contribution is -0.140. The van der Waals surface area contributed by atoms with E-state index in [0.717, 1.165) is 0 Å². The normalized spacial score (nSPS) is 10.5. The monoisotopic (exact) mass is 206 g/mol. The Bertz CT molecular complexity index is 498. The van der Waals surface area contributed by atoms with E-state index in [2.05, 4.69) is 4.74 Å². The molecule has 78 valence electrons. The number of carbonyl (C=O) groups is 1. The van der Waals surface area contributed by atoms with E-state index in [1.54, 1.807) is 24.3 Å². The largest absolute Gasteiger partial charge is 0.504 e. The Kier molecular flexibility index (Phi) is 2.33. The molecule has 0 unspecified atom stereocenters. The molecular weight excluding hydrogens is 196 g/mol. The van der Waals surface area contributed by atoms with Crippen molar-refractivity contribution >= 4 is 16.9 Å². The Morgan fingerprint density at radius 1 is 1.47 bits per heavy atom. The van der Waals surface area contributed by atoms with Crippen molar-refractivity contribution in [2.75, 3.05) is 7.11 Å². The van der Waals surface area contributed by atoms with Crippen molar-refractivity contribution in [1.29, 1.82) is 0 Å². The van der Waals surface area contributed by atoms with Gasteiger partial charge in [-0.15, -0.1) is 0 Å². The first-order chi connectivity index (χ1) is 7.22. The number of hydrogen-bond acceptors (Lipinski definition) is 4. The number of aromatic hydroxyl groups is 1. The van der Waals surface area contributed by atoms with Crippen LogP contribution in [0.5, 0.6) is 5.75 Å². The highest BCUT2D eigenvalue weighted by molar-refractivity contribution is 5.86. The van der Waals surface area contributed by atoms with Gasteiger partial charge in [0.25, 0.3) is 0 Å². The summed E-state index contributed by atoms with van der Waals surface area (Å²) in [6.45, 7) is 0. The number of rotatable bonds is 2. The van der Waals surface area contributed by atoms with E-state index in [0.29, 0.717) is 11.0 Å². The molecule has 2 aromatic rings. The lowest BCUT2D eigenvalue weighted by atomic mass is 10.2. The molecule has 4 heteroatoms. The van der Waals surface area contributed by atoms with Gasteiger partial charge in [-0.25, -0.2) is 0 Å². The number of carbonyl (C=O) groups excluding carboxylic acids is 1. The van der Waals surface area contributed by atoms with E-state index in [-0.39, 0.29) is 17.9 Å². The molecule has 0 spiro atoms. The Hall–Kier alpha value is -1.97. The van der Waals surface area contributed by atoms with Crippen molar-refractivity contribution in [1.82, 2.24) is 0 Å². The summed E-state index contributed by atoms with van der Waals surface area (Å²) >= 11 is 0. The van der Waals surface area contributed by atoms with E-state index < -0.39 is 5.97 Å². The Morgan fingerprint density at radius 3 is 2.87 bits per heavy atom. The molecule has 1 N–H and O–H groups in total. The molecule has 15 heavy (non-hydrogen) atoms. The molecule has 0 fully saturated rings. The molecule has 0 atom stereocenters. The van der Waals surface area contributed by atoms with Crippen LogP contribution in [0.4, 0.5) is 0 Å². The second-order valence-corrected chi connectivity index (χ2v) is 3.12. The van der Waals surface area contributed by atoms with Crippen molar-refractivity contribution in [2.24, 2.45) is 0 Å². The number of benzene rings is 1. The fourth-order valence-electron chi connectivity index (χ4n) is 1.41. The lowest BCUT2D eigenvalue weighted by Crippen LogP contribution is -2.03. The molecule has 1 heterocycles. The van der Waals surface area contributed by atoms with Crippen LogP contribution < -0.4 is 0 Å². The third-order valence-corrected chi connectivity index (χ3v) is 2.17. The van der Waals surface area contributed by atoms with Crippen LogP contribution in [0, 0.1) is 0 Å². The second-order valence-electron chi connectivity index (χ2n) is 3.12. The molecule has 4 nitrogen and oxygen atoms in total. The summed E-state index contributed by atoms with van der Waals surface area (Å²) in [5.74, 6) is -0.191. The van der Waals surface area contributed by atoms with Gasteiger partial charge < -0.3 is 14.3 Å². The van der Waals surface area contributed by atoms with Crippen LogP contribution in [-0.2, 0) is 16.0 Å². The first-order valence-electron chi connectivity index (χ1n) is 4.48. The van der Waals surface area contributed by atoms with Gasteiger partial charge in [0.05, 0.1) is 12.5 Å². The zero-order valence-corrected chi connectivity index (χ0v) is 8.19. The number of ether oxygens (including phenoxy) is 1. The van der Waals surface area contributed by atoms with Crippen molar-refractivity contribution in [3.05, 3.63) is 30.0 Å². The number of hydrogen-bond donors (Lipinski definition) is 1. The quantitative estimate of drug-likeness (QED) is 0.762. The summed E-state index contributed by atoms with van der Waals surface area (Å²) < 4.78 is 9.82. The SMILES string of the molecule is COC(=O)Cc1oc2ccccc2c1O. The molecule has 1 aromatic heterocycles. The van der Waals surface area contributed by atoms with E-state index in [1.165, 1.54) is 7.11 Å². The second kappa shape index (κ2) is 3.65. The summed E-state index contributed by atoms with van der Waals surface area (Å²) in [5, 5.41) is 10.3. The predicted molar refractivity (Wildman–Crippen MR) is 53.6 cm³/mol. The highest BCUT2D eigenvalue weighted by atomic mass is 16.5. The molecule has 1 aromatic carbocycles. The lowest BCUT2D eigenvalue weighted by Gasteiger charge is -1.95. The fourth-order valence-corrected chi connectivity index (χ4v) is 1.41. The Balaban J connectivity index is 2.44. The van der Waals surface area contributed by atoms with Gasteiger partial charge in [-0.3, -0.25) is 4.79 Å². The average molecular weight is 206 g/mol. The number of para-hydroxylation sites is 1. The third-order valence-electron chi connectivity index (χ3n) is 2.17. The minimum Gasteiger partial charge on any atom is -0.504 e. The molecule has 2 rings (SSSR count). The highest BCUT2D eigenvalue weighted by Gasteiger charge is 2.15. The van der Waals surface area contributed by atoms with Crippen molar-refractivity contribution in [3.63, 3.8) is 0 Å². The maximum Gasteiger partial charge on any atom is 0.313 e. The molecule has 0 bridgehead atoms. The van der Waals surface area contributed by atoms with Crippen LogP contribution in [-0.4, -0.2) is 18.2 Å². The van der Waals surface area contributed by atoms with E-state index in [1.807, 2.05) is 0 Å². The van der Waals surface area contributed by atoms with Crippen molar-refractivity contribution in [2.45, 2.75) is 6.42 Å². The van der Waals surface area contributed by atoms with Gasteiger partial charge in [0.2, 0.25) is 0 Å². The maximum atomic E-state index is 11.0. The predicted octanol–water partition coefficient (Wildman–Crippen LogP) is 1.85. The number of furan rings is 1. The third kappa shape index (κ3) is 1.66. The van der Waals surface area contributed by atoms with Gasteiger partial charge in [-0.1, -0.05) is 12.1 Å². The van der Waals surface area contributed by atoms with Gasteiger partial charge >= 0.3 is 5.97 Å². The minimum absolute atomic E-state index is 0.0102.